The number of carbonyl (C=O) groups excluding carboxylic acids is 1. The second-order valence-corrected chi connectivity index (χ2v) is 6.35. The number of amides is 1. The summed E-state index contributed by atoms with van der Waals surface area (Å²) in [5, 5.41) is 5.87. The van der Waals surface area contributed by atoms with Crippen LogP contribution in [0.15, 0.2) is 66.9 Å². The molecule has 0 bridgehead atoms. The lowest BCUT2D eigenvalue weighted by molar-refractivity contribution is -0.118. The van der Waals surface area contributed by atoms with Gasteiger partial charge in [0.15, 0.2) is 6.61 Å². The smallest absolute Gasteiger partial charge is 0.263 e. The van der Waals surface area contributed by atoms with Gasteiger partial charge in [-0.05, 0) is 49.2 Å². The number of hydrogen-bond donors (Lipinski definition) is 2. The molecule has 0 fully saturated rings. The number of carbonyl (C=O) groups is 1. The van der Waals surface area contributed by atoms with E-state index in [1.165, 1.54) is 6.07 Å². The van der Waals surface area contributed by atoms with Gasteiger partial charge in [-0.2, -0.15) is 0 Å². The zero-order valence-electron chi connectivity index (χ0n) is 15.6. The molecule has 0 saturated carbocycles. The van der Waals surface area contributed by atoms with Crippen LogP contribution in [0, 0.1) is 12.7 Å². The fourth-order valence-corrected chi connectivity index (χ4v) is 2.58. The Kier molecular flexibility index (Phi) is 6.57. The molecule has 5 nitrogen and oxygen atoms in total. The van der Waals surface area contributed by atoms with Gasteiger partial charge in [0.05, 0.1) is 11.9 Å². The number of benzene rings is 2. The van der Waals surface area contributed by atoms with E-state index in [9.17, 15) is 9.18 Å². The molecule has 2 N–H and O–H groups in total. The molecule has 0 aliphatic carbocycles. The summed E-state index contributed by atoms with van der Waals surface area (Å²) in [4.78, 5) is 16.2. The molecule has 144 valence electrons. The SMILES string of the molecule is Cc1ccc(OCC(=O)Nc2ccc(NCCc3ccccc3F)cn2)cc1. The van der Waals surface area contributed by atoms with Gasteiger partial charge in [-0.3, -0.25) is 4.79 Å². The van der Waals surface area contributed by atoms with Crippen molar-refractivity contribution in [2.24, 2.45) is 0 Å². The van der Waals surface area contributed by atoms with Gasteiger partial charge in [0.25, 0.3) is 5.91 Å². The summed E-state index contributed by atoms with van der Waals surface area (Å²) >= 11 is 0. The van der Waals surface area contributed by atoms with Crippen LogP contribution in [0.5, 0.6) is 5.75 Å². The molecular weight excluding hydrogens is 357 g/mol. The van der Waals surface area contributed by atoms with Crippen molar-refractivity contribution in [2.75, 3.05) is 23.8 Å². The third kappa shape index (κ3) is 5.81. The van der Waals surface area contributed by atoms with Crippen molar-refractivity contribution in [2.45, 2.75) is 13.3 Å². The lowest BCUT2D eigenvalue weighted by Gasteiger charge is -2.09. The number of nitrogens with one attached hydrogen (secondary N) is 2. The van der Waals surface area contributed by atoms with Crippen molar-refractivity contribution >= 4 is 17.4 Å². The Bertz CT molecular complexity index is 912. The number of aryl methyl sites for hydroxylation is 1. The Morgan fingerprint density at radius 3 is 2.57 bits per heavy atom. The van der Waals surface area contributed by atoms with E-state index in [-0.39, 0.29) is 18.3 Å². The molecule has 0 radical (unpaired) electrons. The number of aromatic nitrogens is 1. The Labute approximate surface area is 163 Å². The second-order valence-electron chi connectivity index (χ2n) is 6.35. The minimum atomic E-state index is -0.284. The average molecular weight is 379 g/mol. The van der Waals surface area contributed by atoms with Crippen LogP contribution in [0.25, 0.3) is 0 Å². The monoisotopic (exact) mass is 379 g/mol. The van der Waals surface area contributed by atoms with E-state index in [1.807, 2.05) is 43.3 Å². The second kappa shape index (κ2) is 9.50. The number of pyridine rings is 1. The molecule has 1 amide bonds. The Morgan fingerprint density at radius 2 is 1.86 bits per heavy atom. The average Bonchev–Trinajstić information content (AvgIpc) is 2.70. The van der Waals surface area contributed by atoms with Crippen molar-refractivity contribution in [1.82, 2.24) is 4.98 Å². The summed E-state index contributed by atoms with van der Waals surface area (Å²) in [6.07, 6.45) is 2.19. The summed E-state index contributed by atoms with van der Waals surface area (Å²) in [5.74, 6) is 0.599. The minimum Gasteiger partial charge on any atom is -0.484 e. The number of rotatable bonds is 8. The van der Waals surface area contributed by atoms with Crippen molar-refractivity contribution in [3.8, 4) is 5.75 Å². The summed E-state index contributed by atoms with van der Waals surface area (Å²) in [6, 6.07) is 17.7. The standard InChI is InChI=1S/C22H22FN3O2/c1-16-6-9-19(10-7-16)28-15-22(27)26-21-11-8-18(14-25-21)24-13-12-17-4-2-3-5-20(17)23/h2-11,14,24H,12-13,15H2,1H3,(H,25,26,27). The largest absolute Gasteiger partial charge is 0.484 e. The maximum absolute atomic E-state index is 13.6. The Balaban J connectivity index is 1.42. The highest BCUT2D eigenvalue weighted by Crippen LogP contribution is 2.13. The van der Waals surface area contributed by atoms with Gasteiger partial charge in [-0.15, -0.1) is 0 Å². The molecule has 3 aromatic rings. The molecule has 0 spiro atoms. The van der Waals surface area contributed by atoms with E-state index in [0.717, 1.165) is 11.3 Å². The van der Waals surface area contributed by atoms with E-state index >= 15 is 0 Å². The zero-order chi connectivity index (χ0) is 19.8. The molecule has 1 aromatic heterocycles. The normalized spacial score (nSPS) is 10.4. The van der Waals surface area contributed by atoms with Crippen LogP contribution in [0.3, 0.4) is 0 Å². The highest BCUT2D eigenvalue weighted by atomic mass is 19.1. The van der Waals surface area contributed by atoms with Crippen LogP contribution in [0.4, 0.5) is 15.9 Å². The molecule has 28 heavy (non-hydrogen) atoms. The topological polar surface area (TPSA) is 63.2 Å². The fraction of sp³-hybridized carbons (Fsp3) is 0.182. The van der Waals surface area contributed by atoms with E-state index < -0.39 is 0 Å². The molecule has 0 aliphatic heterocycles. The first kappa shape index (κ1) is 19.4. The van der Waals surface area contributed by atoms with Crippen LogP contribution < -0.4 is 15.4 Å². The molecule has 0 atom stereocenters. The Hall–Kier alpha value is -3.41. The molecule has 0 saturated heterocycles. The van der Waals surface area contributed by atoms with Crippen LogP contribution in [-0.4, -0.2) is 24.0 Å². The lowest BCUT2D eigenvalue weighted by atomic mass is 10.1. The highest BCUT2D eigenvalue weighted by Gasteiger charge is 2.05. The van der Waals surface area contributed by atoms with Gasteiger partial charge >= 0.3 is 0 Å². The first-order chi connectivity index (χ1) is 13.6. The van der Waals surface area contributed by atoms with Gasteiger partial charge in [-0.1, -0.05) is 35.9 Å². The van der Waals surface area contributed by atoms with E-state index in [1.54, 1.807) is 24.4 Å². The first-order valence-corrected chi connectivity index (χ1v) is 9.03. The maximum atomic E-state index is 13.6. The van der Waals surface area contributed by atoms with E-state index in [4.69, 9.17) is 4.74 Å². The van der Waals surface area contributed by atoms with Gasteiger partial charge in [0, 0.05) is 6.54 Å². The molecular formula is C22H22FN3O2. The van der Waals surface area contributed by atoms with Crippen molar-refractivity contribution < 1.29 is 13.9 Å². The predicted octanol–water partition coefficient (Wildman–Crippen LogP) is 4.20. The highest BCUT2D eigenvalue weighted by molar-refractivity contribution is 5.91. The van der Waals surface area contributed by atoms with Crippen LogP contribution >= 0.6 is 0 Å². The molecule has 0 unspecified atom stereocenters. The minimum absolute atomic E-state index is 0.0899. The maximum Gasteiger partial charge on any atom is 0.263 e. The number of halogens is 1. The predicted molar refractivity (Wildman–Crippen MR) is 108 cm³/mol. The summed E-state index contributed by atoms with van der Waals surface area (Å²) in [7, 11) is 0. The zero-order valence-corrected chi connectivity index (χ0v) is 15.6. The van der Waals surface area contributed by atoms with E-state index in [0.29, 0.717) is 30.1 Å². The van der Waals surface area contributed by atoms with Gasteiger partial charge in [0.1, 0.15) is 17.4 Å². The molecule has 2 aromatic carbocycles. The third-order valence-corrected chi connectivity index (χ3v) is 4.10. The fourth-order valence-electron chi connectivity index (χ4n) is 2.58. The summed E-state index contributed by atoms with van der Waals surface area (Å²) in [5.41, 5.74) is 2.59. The van der Waals surface area contributed by atoms with Crippen LogP contribution in [0.1, 0.15) is 11.1 Å². The number of nitrogens with zero attached hydrogens (tertiary/aromatic N) is 1. The quantitative estimate of drug-likeness (QED) is 0.616. The summed E-state index contributed by atoms with van der Waals surface area (Å²) < 4.78 is 19.0. The number of ether oxygens (including phenoxy) is 1. The van der Waals surface area contributed by atoms with Gasteiger partial charge in [0.2, 0.25) is 0 Å². The lowest BCUT2D eigenvalue weighted by Crippen LogP contribution is -2.20. The van der Waals surface area contributed by atoms with Crippen LogP contribution in [-0.2, 0) is 11.2 Å². The van der Waals surface area contributed by atoms with Crippen LogP contribution in [0.2, 0.25) is 0 Å². The molecule has 0 aliphatic rings. The number of anilines is 2. The van der Waals surface area contributed by atoms with E-state index in [2.05, 4.69) is 15.6 Å². The number of hydrogen-bond acceptors (Lipinski definition) is 4. The third-order valence-electron chi connectivity index (χ3n) is 4.10. The molecule has 1 heterocycles. The molecule has 3 rings (SSSR count). The van der Waals surface area contributed by atoms with Gasteiger partial charge in [-0.25, -0.2) is 9.37 Å². The Morgan fingerprint density at radius 1 is 1.07 bits per heavy atom. The van der Waals surface area contributed by atoms with Crippen molar-refractivity contribution in [3.05, 3.63) is 83.8 Å². The molecule has 6 heteroatoms. The van der Waals surface area contributed by atoms with Crippen molar-refractivity contribution in [3.63, 3.8) is 0 Å². The van der Waals surface area contributed by atoms with Crippen molar-refractivity contribution in [1.29, 1.82) is 0 Å². The summed E-state index contributed by atoms with van der Waals surface area (Å²) in [6.45, 7) is 2.48. The first-order valence-electron chi connectivity index (χ1n) is 9.03. The van der Waals surface area contributed by atoms with Gasteiger partial charge < -0.3 is 15.4 Å².